The van der Waals surface area contributed by atoms with Crippen molar-refractivity contribution in [2.75, 3.05) is 0 Å². The monoisotopic (exact) mass is 152 g/mol. The molecule has 0 aromatic heterocycles. The second kappa shape index (κ2) is 4.72. The summed E-state index contributed by atoms with van der Waals surface area (Å²) >= 11 is 0. The van der Waals surface area contributed by atoms with Crippen LogP contribution < -0.4 is 0 Å². The Kier molecular flexibility index (Phi) is 5.11. The molecule has 0 aliphatic heterocycles. The van der Waals surface area contributed by atoms with Gasteiger partial charge >= 0.3 is 0 Å². The molecule has 0 N–H and O–H groups in total. The molecule has 0 radical (unpaired) electrons. The van der Waals surface area contributed by atoms with Gasteiger partial charge in [0.15, 0.2) is 9.04 Å². The van der Waals surface area contributed by atoms with Crippen LogP contribution in [0.5, 0.6) is 0 Å². The Morgan fingerprint density at radius 3 is 2.29 bits per heavy atom. The van der Waals surface area contributed by atoms with E-state index in [2.05, 4.69) is 13.1 Å². The standard InChI is InChI=1S/C2H12O2Si3/c1-7(2)4-6-3-5/h7H,6H2,1-2,5H3. The molecule has 2 nitrogen and oxygen atoms in total. The third kappa shape index (κ3) is 6.57. The van der Waals surface area contributed by atoms with Gasteiger partial charge in [-0.15, -0.1) is 0 Å². The van der Waals surface area contributed by atoms with Crippen LogP contribution in [0.1, 0.15) is 0 Å². The van der Waals surface area contributed by atoms with E-state index in [0.29, 0.717) is 0 Å². The zero-order chi connectivity index (χ0) is 5.70. The third-order valence-corrected chi connectivity index (χ3v) is 4.67. The van der Waals surface area contributed by atoms with Gasteiger partial charge in [0.2, 0.25) is 0 Å². The molecule has 0 bridgehead atoms. The fourth-order valence-electron chi connectivity index (χ4n) is 0.204. The van der Waals surface area contributed by atoms with Crippen molar-refractivity contribution in [1.29, 1.82) is 0 Å². The molecule has 0 fully saturated rings. The van der Waals surface area contributed by atoms with E-state index in [1.54, 1.807) is 0 Å². The molecule has 0 aromatic carbocycles. The van der Waals surface area contributed by atoms with Crippen molar-refractivity contribution >= 4 is 29.5 Å². The van der Waals surface area contributed by atoms with Crippen molar-refractivity contribution in [2.45, 2.75) is 13.1 Å². The Labute approximate surface area is 51.5 Å². The molecule has 0 aromatic rings. The van der Waals surface area contributed by atoms with E-state index in [0.717, 1.165) is 10.5 Å². The van der Waals surface area contributed by atoms with E-state index in [9.17, 15) is 0 Å². The first-order chi connectivity index (χ1) is 3.27. The van der Waals surface area contributed by atoms with Gasteiger partial charge in [0.25, 0.3) is 10.0 Å². The highest BCUT2D eigenvalue weighted by atomic mass is 28.4. The van der Waals surface area contributed by atoms with Gasteiger partial charge in [-0.05, 0) is 13.1 Å². The van der Waals surface area contributed by atoms with Crippen LogP contribution in [0.15, 0.2) is 0 Å². The lowest BCUT2D eigenvalue weighted by Gasteiger charge is -2.02. The highest BCUT2D eigenvalue weighted by molar-refractivity contribution is 6.55. The molecule has 0 rings (SSSR count). The topological polar surface area (TPSA) is 18.5 Å². The second-order valence-electron chi connectivity index (χ2n) is 1.62. The summed E-state index contributed by atoms with van der Waals surface area (Å²) in [5, 5.41) is 0. The average Bonchev–Trinajstić information content (AvgIpc) is 1.61. The lowest BCUT2D eigenvalue weighted by Crippen LogP contribution is -2.12. The van der Waals surface area contributed by atoms with Crippen molar-refractivity contribution in [3.63, 3.8) is 0 Å². The number of rotatable bonds is 3. The molecule has 0 aliphatic rings. The van der Waals surface area contributed by atoms with Gasteiger partial charge in [0.05, 0.1) is 0 Å². The molecule has 0 aliphatic carbocycles. The maximum absolute atomic E-state index is 5.28. The largest absolute Gasteiger partial charge is 0.449 e. The maximum Gasteiger partial charge on any atom is 0.283 e. The summed E-state index contributed by atoms with van der Waals surface area (Å²) < 4.78 is 10.2. The highest BCUT2D eigenvalue weighted by Crippen LogP contribution is 1.78. The van der Waals surface area contributed by atoms with Gasteiger partial charge < -0.3 is 8.23 Å². The third-order valence-electron chi connectivity index (χ3n) is 0.519. The predicted molar refractivity (Wildman–Crippen MR) is 39.5 cm³/mol. The van der Waals surface area contributed by atoms with Crippen LogP contribution in [-0.4, -0.2) is 29.5 Å². The summed E-state index contributed by atoms with van der Waals surface area (Å²) in [6.45, 7) is 4.32. The first-order valence-electron chi connectivity index (χ1n) is 2.38. The molecule has 0 atom stereocenters. The van der Waals surface area contributed by atoms with Crippen LogP contribution in [-0.2, 0) is 8.23 Å². The Balaban J connectivity index is 2.68. The molecular formula is C2H12O2Si3. The van der Waals surface area contributed by atoms with Crippen LogP contribution in [0.2, 0.25) is 13.1 Å². The first kappa shape index (κ1) is 7.57. The van der Waals surface area contributed by atoms with Crippen molar-refractivity contribution < 1.29 is 8.23 Å². The highest BCUT2D eigenvalue weighted by Gasteiger charge is 1.90. The van der Waals surface area contributed by atoms with E-state index in [-0.39, 0.29) is 0 Å². The normalized spacial score (nSPS) is 12.4. The van der Waals surface area contributed by atoms with Crippen LogP contribution in [0.25, 0.3) is 0 Å². The minimum absolute atomic E-state index is 0.502. The number of hydrogen-bond acceptors (Lipinski definition) is 2. The maximum atomic E-state index is 5.28. The zero-order valence-electron chi connectivity index (χ0n) is 5.10. The van der Waals surface area contributed by atoms with Gasteiger partial charge in [-0.2, -0.15) is 0 Å². The SMILES string of the molecule is C[SiH](C)O[SiH2]O[SiH3]. The zero-order valence-corrected chi connectivity index (χ0v) is 9.67. The average molecular weight is 152 g/mol. The molecule has 5 heteroatoms. The fraction of sp³-hybridized carbons (Fsp3) is 1.00. The molecule has 0 heterocycles. The first-order valence-corrected chi connectivity index (χ1v) is 7.13. The van der Waals surface area contributed by atoms with Gasteiger partial charge in [0.1, 0.15) is 10.5 Å². The summed E-state index contributed by atoms with van der Waals surface area (Å²) in [6, 6.07) is 0. The Morgan fingerprint density at radius 2 is 2.14 bits per heavy atom. The quantitative estimate of drug-likeness (QED) is 0.448. The Hall–Kier alpha value is 0.571. The van der Waals surface area contributed by atoms with Crippen molar-refractivity contribution in [3.05, 3.63) is 0 Å². The van der Waals surface area contributed by atoms with Crippen LogP contribution in [0, 0.1) is 0 Å². The molecule has 0 spiro atoms. The second-order valence-corrected chi connectivity index (χ2v) is 7.60. The lowest BCUT2D eigenvalue weighted by atomic mass is 11.9. The van der Waals surface area contributed by atoms with E-state index in [1.807, 2.05) is 0 Å². The van der Waals surface area contributed by atoms with Gasteiger partial charge in [-0.3, -0.25) is 0 Å². The van der Waals surface area contributed by atoms with Gasteiger partial charge in [-0.1, -0.05) is 0 Å². The van der Waals surface area contributed by atoms with Gasteiger partial charge in [0, 0.05) is 0 Å². The van der Waals surface area contributed by atoms with Crippen molar-refractivity contribution in [3.8, 4) is 0 Å². The molecule has 0 amide bonds. The molecule has 0 saturated heterocycles. The minimum atomic E-state index is -0.729. The molecule has 0 unspecified atom stereocenters. The summed E-state index contributed by atoms with van der Waals surface area (Å²) in [5.74, 6) is 0. The Bertz CT molecular complexity index is 39.9. The van der Waals surface area contributed by atoms with Crippen molar-refractivity contribution in [1.82, 2.24) is 0 Å². The van der Waals surface area contributed by atoms with E-state index < -0.39 is 19.0 Å². The van der Waals surface area contributed by atoms with E-state index >= 15 is 0 Å². The molecule has 0 saturated carbocycles. The van der Waals surface area contributed by atoms with Crippen LogP contribution in [0.3, 0.4) is 0 Å². The molecular weight excluding hydrogens is 140 g/mol. The summed E-state index contributed by atoms with van der Waals surface area (Å²) in [4.78, 5) is 0. The molecule has 44 valence electrons. The van der Waals surface area contributed by atoms with Crippen LogP contribution >= 0.6 is 0 Å². The summed E-state index contributed by atoms with van der Waals surface area (Å²) in [6.07, 6.45) is 0. The summed E-state index contributed by atoms with van der Waals surface area (Å²) in [7, 11) is -0.378. The van der Waals surface area contributed by atoms with Crippen LogP contribution in [0.4, 0.5) is 0 Å². The summed E-state index contributed by atoms with van der Waals surface area (Å²) in [5.41, 5.74) is 0. The smallest absolute Gasteiger partial charge is 0.283 e. The fourth-order valence-corrected chi connectivity index (χ4v) is 3.06. The minimum Gasteiger partial charge on any atom is -0.449 e. The lowest BCUT2D eigenvalue weighted by molar-refractivity contribution is 0.495. The predicted octanol–water partition coefficient (Wildman–Crippen LogP) is -1.72. The van der Waals surface area contributed by atoms with Gasteiger partial charge in [-0.25, -0.2) is 0 Å². The number of hydrogen-bond donors (Lipinski definition) is 0. The van der Waals surface area contributed by atoms with E-state index in [1.165, 1.54) is 0 Å². The molecule has 7 heavy (non-hydrogen) atoms. The van der Waals surface area contributed by atoms with Crippen molar-refractivity contribution in [2.24, 2.45) is 0 Å². The van der Waals surface area contributed by atoms with E-state index in [4.69, 9.17) is 8.23 Å². The Morgan fingerprint density at radius 1 is 1.57 bits per heavy atom.